The molecule has 0 saturated heterocycles. The highest BCUT2D eigenvalue weighted by Gasteiger charge is 2.32. The van der Waals surface area contributed by atoms with Crippen molar-refractivity contribution in [3.05, 3.63) is 86.7 Å². The summed E-state index contributed by atoms with van der Waals surface area (Å²) in [5.41, 5.74) is 7.99. The first-order chi connectivity index (χ1) is 15.8. The molecular formula is C28H30F3N3. The molecule has 0 bridgehead atoms. The van der Waals surface area contributed by atoms with Crippen molar-refractivity contribution in [3.63, 3.8) is 0 Å². The number of aryl methyl sites for hydroxylation is 6. The predicted octanol–water partition coefficient (Wildman–Crippen LogP) is 8.23. The highest BCUT2D eigenvalue weighted by molar-refractivity contribution is 6.03. The third-order valence-electron chi connectivity index (χ3n) is 5.72. The van der Waals surface area contributed by atoms with Gasteiger partial charge in [0, 0.05) is 0 Å². The number of pyridine rings is 1. The van der Waals surface area contributed by atoms with Gasteiger partial charge in [-0.1, -0.05) is 35.4 Å². The molecule has 0 saturated carbocycles. The average Bonchev–Trinajstić information content (AvgIpc) is 2.71. The fourth-order valence-corrected chi connectivity index (χ4v) is 4.21. The number of benzene rings is 2. The Morgan fingerprint density at radius 2 is 0.941 bits per heavy atom. The molecule has 2 aromatic carbocycles. The number of aromatic nitrogens is 1. The summed E-state index contributed by atoms with van der Waals surface area (Å²) < 4.78 is 41.3. The molecular weight excluding hydrogens is 435 g/mol. The number of aliphatic imine (C=N–C) groups is 2. The van der Waals surface area contributed by atoms with Crippen LogP contribution in [0.3, 0.4) is 0 Å². The van der Waals surface area contributed by atoms with E-state index in [1.54, 1.807) is 13.8 Å². The lowest BCUT2D eigenvalue weighted by Gasteiger charge is -2.13. The minimum Gasteiger partial charge on any atom is -0.251 e. The standard InChI is InChI=1S/C28H30F3N3/c1-15-9-17(3)26(18(4)10-15)32-21(7)24-13-23(28(29,30)31)14-25(34-24)22(8)33-27-19(5)11-16(2)12-20(27)6/h9-14H,1-8H3. The summed E-state index contributed by atoms with van der Waals surface area (Å²) in [6.07, 6.45) is -4.52. The van der Waals surface area contributed by atoms with Gasteiger partial charge in [0.05, 0.1) is 39.7 Å². The van der Waals surface area contributed by atoms with E-state index in [1.165, 1.54) is 0 Å². The van der Waals surface area contributed by atoms with E-state index in [0.717, 1.165) is 56.9 Å². The Kier molecular flexibility index (Phi) is 7.10. The molecule has 0 unspecified atom stereocenters. The fraction of sp³-hybridized carbons (Fsp3) is 0.321. The Morgan fingerprint density at radius 3 is 1.24 bits per heavy atom. The van der Waals surface area contributed by atoms with Gasteiger partial charge in [0.1, 0.15) is 0 Å². The summed E-state index contributed by atoms with van der Waals surface area (Å²) in [4.78, 5) is 13.9. The summed E-state index contributed by atoms with van der Waals surface area (Å²) in [7, 11) is 0. The second-order valence-electron chi connectivity index (χ2n) is 9.01. The van der Waals surface area contributed by atoms with E-state index < -0.39 is 11.7 Å². The van der Waals surface area contributed by atoms with Crippen LogP contribution in [0.2, 0.25) is 0 Å². The molecule has 0 radical (unpaired) electrons. The van der Waals surface area contributed by atoms with Crippen LogP contribution in [0.25, 0.3) is 0 Å². The first-order valence-electron chi connectivity index (χ1n) is 11.1. The van der Waals surface area contributed by atoms with E-state index in [4.69, 9.17) is 0 Å². The van der Waals surface area contributed by atoms with Gasteiger partial charge in [0.15, 0.2) is 0 Å². The van der Waals surface area contributed by atoms with Gasteiger partial charge in [0.2, 0.25) is 0 Å². The van der Waals surface area contributed by atoms with Crippen LogP contribution < -0.4 is 0 Å². The Balaban J connectivity index is 2.16. The highest BCUT2D eigenvalue weighted by Crippen LogP contribution is 2.32. The van der Waals surface area contributed by atoms with Crippen LogP contribution in [0.1, 0.15) is 64.2 Å². The molecule has 1 heterocycles. The molecule has 6 heteroatoms. The number of nitrogens with zero attached hydrogens (tertiary/aromatic N) is 3. The maximum atomic E-state index is 13.8. The molecule has 0 fully saturated rings. The van der Waals surface area contributed by atoms with E-state index in [1.807, 2.05) is 65.8 Å². The van der Waals surface area contributed by atoms with Gasteiger partial charge in [-0.2, -0.15) is 13.2 Å². The van der Waals surface area contributed by atoms with Crippen LogP contribution in [-0.2, 0) is 6.18 Å². The lowest BCUT2D eigenvalue weighted by Crippen LogP contribution is -2.13. The van der Waals surface area contributed by atoms with Crippen LogP contribution in [0, 0.1) is 41.5 Å². The molecule has 0 aliphatic carbocycles. The maximum Gasteiger partial charge on any atom is 0.416 e. The van der Waals surface area contributed by atoms with Crippen molar-refractivity contribution in [2.75, 3.05) is 0 Å². The Bertz CT molecular complexity index is 1180. The average molecular weight is 466 g/mol. The summed E-state index contributed by atoms with van der Waals surface area (Å²) in [5.74, 6) is 0. The molecule has 34 heavy (non-hydrogen) atoms. The zero-order valence-corrected chi connectivity index (χ0v) is 20.9. The number of alkyl halides is 3. The van der Waals surface area contributed by atoms with Gasteiger partial charge in [-0.25, -0.2) is 4.98 Å². The lowest BCUT2D eigenvalue weighted by atomic mass is 10.0. The minimum atomic E-state index is -4.52. The first kappa shape index (κ1) is 25.3. The molecule has 3 nitrogen and oxygen atoms in total. The smallest absolute Gasteiger partial charge is 0.251 e. The molecule has 0 aliphatic rings. The second kappa shape index (κ2) is 9.53. The molecule has 0 amide bonds. The fourth-order valence-electron chi connectivity index (χ4n) is 4.21. The Morgan fingerprint density at radius 1 is 0.618 bits per heavy atom. The molecule has 1 aromatic heterocycles. The van der Waals surface area contributed by atoms with Gasteiger partial charge < -0.3 is 0 Å². The molecule has 0 spiro atoms. The molecule has 0 atom stereocenters. The molecule has 0 aliphatic heterocycles. The quantitative estimate of drug-likeness (QED) is 0.358. The van der Waals surface area contributed by atoms with Crippen LogP contribution in [0.5, 0.6) is 0 Å². The largest absolute Gasteiger partial charge is 0.416 e. The third kappa shape index (κ3) is 5.61. The van der Waals surface area contributed by atoms with Crippen LogP contribution in [0.4, 0.5) is 24.5 Å². The van der Waals surface area contributed by atoms with E-state index in [-0.39, 0.29) is 11.4 Å². The van der Waals surface area contributed by atoms with Gasteiger partial charge >= 0.3 is 6.18 Å². The summed E-state index contributed by atoms with van der Waals surface area (Å²) in [6, 6.07) is 10.1. The van der Waals surface area contributed by atoms with E-state index >= 15 is 0 Å². The normalized spacial score (nSPS) is 12.9. The lowest BCUT2D eigenvalue weighted by molar-refractivity contribution is -0.137. The third-order valence-corrected chi connectivity index (χ3v) is 5.72. The van der Waals surface area contributed by atoms with Crippen molar-refractivity contribution in [2.45, 2.75) is 61.6 Å². The predicted molar refractivity (Wildman–Crippen MR) is 134 cm³/mol. The van der Waals surface area contributed by atoms with Crippen molar-refractivity contribution in [3.8, 4) is 0 Å². The van der Waals surface area contributed by atoms with E-state index in [2.05, 4.69) is 15.0 Å². The number of rotatable bonds is 4. The molecule has 3 aromatic rings. The van der Waals surface area contributed by atoms with Crippen LogP contribution >= 0.6 is 0 Å². The molecule has 178 valence electrons. The number of hydrogen-bond acceptors (Lipinski definition) is 3. The second-order valence-corrected chi connectivity index (χ2v) is 9.01. The van der Waals surface area contributed by atoms with Gasteiger partial charge in [0.25, 0.3) is 0 Å². The van der Waals surface area contributed by atoms with Crippen molar-refractivity contribution < 1.29 is 13.2 Å². The summed E-state index contributed by atoms with van der Waals surface area (Å²) in [6.45, 7) is 15.2. The van der Waals surface area contributed by atoms with Gasteiger partial charge in [-0.05, 0) is 89.8 Å². The van der Waals surface area contributed by atoms with E-state index in [9.17, 15) is 13.2 Å². The van der Waals surface area contributed by atoms with Crippen molar-refractivity contribution in [2.24, 2.45) is 9.98 Å². The van der Waals surface area contributed by atoms with Crippen molar-refractivity contribution in [1.29, 1.82) is 0 Å². The first-order valence-corrected chi connectivity index (χ1v) is 11.1. The Hall–Kier alpha value is -3.28. The van der Waals surface area contributed by atoms with E-state index in [0.29, 0.717) is 11.4 Å². The molecule has 3 rings (SSSR count). The number of hydrogen-bond donors (Lipinski definition) is 0. The summed E-state index contributed by atoms with van der Waals surface area (Å²) in [5, 5.41) is 0. The number of halogens is 3. The topological polar surface area (TPSA) is 37.6 Å². The minimum absolute atomic E-state index is 0.177. The summed E-state index contributed by atoms with van der Waals surface area (Å²) >= 11 is 0. The van der Waals surface area contributed by atoms with Gasteiger partial charge in [-0.15, -0.1) is 0 Å². The highest BCUT2D eigenvalue weighted by atomic mass is 19.4. The van der Waals surface area contributed by atoms with Crippen LogP contribution in [0.15, 0.2) is 46.4 Å². The monoisotopic (exact) mass is 465 g/mol. The zero-order chi connectivity index (χ0) is 25.4. The van der Waals surface area contributed by atoms with Crippen LogP contribution in [-0.4, -0.2) is 16.4 Å². The van der Waals surface area contributed by atoms with Crippen molar-refractivity contribution >= 4 is 22.8 Å². The zero-order valence-electron chi connectivity index (χ0n) is 20.9. The van der Waals surface area contributed by atoms with Crippen molar-refractivity contribution in [1.82, 2.24) is 4.98 Å². The SMILES string of the molecule is CC(=Nc1c(C)cc(C)cc1C)c1cc(C(F)(F)F)cc(C(C)=Nc2c(C)cc(C)cc2C)n1. The van der Waals surface area contributed by atoms with Gasteiger partial charge in [-0.3, -0.25) is 9.98 Å². The molecule has 0 N–H and O–H groups in total. The Labute approximate surface area is 199 Å². The maximum absolute atomic E-state index is 13.8.